The summed E-state index contributed by atoms with van der Waals surface area (Å²) in [5.74, 6) is -1.87. The topological polar surface area (TPSA) is 114 Å². The molecular weight excluding hydrogens is 553 g/mol. The zero-order valence-corrected chi connectivity index (χ0v) is 24.4. The summed E-state index contributed by atoms with van der Waals surface area (Å²) >= 11 is 12.1. The molecule has 2 atom stereocenters. The number of Topliss-reactive ketones (excluding diaryl/α,β-unsaturated/α-hetero) is 1. The van der Waals surface area contributed by atoms with E-state index in [2.05, 4.69) is 16.0 Å². The van der Waals surface area contributed by atoms with Crippen molar-refractivity contribution < 1.29 is 23.9 Å². The van der Waals surface area contributed by atoms with E-state index in [0.29, 0.717) is 37.1 Å². The molecule has 0 spiro atoms. The van der Waals surface area contributed by atoms with Crippen molar-refractivity contribution in [1.29, 1.82) is 0 Å². The van der Waals surface area contributed by atoms with Crippen LogP contribution in [-0.4, -0.2) is 55.3 Å². The zero-order chi connectivity index (χ0) is 29.1. The second-order valence-corrected chi connectivity index (χ2v) is 11.3. The maximum Gasteiger partial charge on any atom is 0.340 e. The minimum atomic E-state index is -0.930. The predicted octanol–water partition coefficient (Wildman–Crippen LogP) is 4.37. The Morgan fingerprint density at radius 2 is 1.68 bits per heavy atom. The molecule has 0 bridgehead atoms. The summed E-state index contributed by atoms with van der Waals surface area (Å²) in [6.07, 6.45) is 2.65. The molecule has 2 aromatic rings. The molecule has 40 heavy (non-hydrogen) atoms. The lowest BCUT2D eigenvalue weighted by Gasteiger charge is -2.27. The van der Waals surface area contributed by atoms with Crippen molar-refractivity contribution in [2.75, 3.05) is 19.7 Å². The third kappa shape index (κ3) is 9.91. The lowest BCUT2D eigenvalue weighted by Crippen LogP contribution is -2.54. The molecule has 0 aliphatic carbocycles. The van der Waals surface area contributed by atoms with Gasteiger partial charge in [0.2, 0.25) is 11.8 Å². The van der Waals surface area contributed by atoms with Gasteiger partial charge in [-0.1, -0.05) is 67.4 Å². The Morgan fingerprint density at radius 1 is 0.975 bits per heavy atom. The van der Waals surface area contributed by atoms with Crippen LogP contribution in [0, 0.1) is 11.8 Å². The number of nitrogens with one attached hydrogen (secondary N) is 3. The molecule has 0 radical (unpaired) electrons. The Balaban J connectivity index is 1.70. The minimum Gasteiger partial charge on any atom is -0.454 e. The van der Waals surface area contributed by atoms with Crippen LogP contribution in [0.4, 0.5) is 0 Å². The lowest BCUT2D eigenvalue weighted by molar-refractivity contribution is -0.134. The van der Waals surface area contributed by atoms with Crippen molar-refractivity contribution in [3.63, 3.8) is 0 Å². The number of aryl methyl sites for hydroxylation is 1. The highest BCUT2D eigenvalue weighted by atomic mass is 35.5. The van der Waals surface area contributed by atoms with E-state index in [9.17, 15) is 19.2 Å². The molecular formula is C30H37Cl2N3O5. The first kappa shape index (κ1) is 31.6. The van der Waals surface area contributed by atoms with Crippen LogP contribution in [-0.2, 0) is 25.5 Å². The van der Waals surface area contributed by atoms with Crippen molar-refractivity contribution in [1.82, 2.24) is 16.0 Å². The molecule has 1 aliphatic heterocycles. The molecule has 1 fully saturated rings. The fraction of sp³-hybridized carbons (Fsp3) is 0.467. The van der Waals surface area contributed by atoms with Gasteiger partial charge in [0.05, 0.1) is 16.6 Å². The van der Waals surface area contributed by atoms with Crippen LogP contribution >= 0.6 is 23.2 Å². The van der Waals surface area contributed by atoms with Gasteiger partial charge in [-0.2, -0.15) is 0 Å². The smallest absolute Gasteiger partial charge is 0.340 e. The van der Waals surface area contributed by atoms with Gasteiger partial charge in [0, 0.05) is 10.9 Å². The van der Waals surface area contributed by atoms with Crippen molar-refractivity contribution in [2.24, 2.45) is 11.8 Å². The summed E-state index contributed by atoms with van der Waals surface area (Å²) in [7, 11) is 0. The van der Waals surface area contributed by atoms with Crippen LogP contribution in [0.5, 0.6) is 0 Å². The van der Waals surface area contributed by atoms with E-state index < -0.39 is 36.4 Å². The standard InChI is InChI=1S/C30H37Cl2N3O5/c1-19(2)16-26(35-28(37)21-12-14-33-15-13-21)29(38)34-25(11-8-20-6-4-3-5-7-20)27(36)18-40-30(39)23-17-22(31)9-10-24(23)32/h3-7,9-10,17,19,21,25-26,33H,8,11-16,18H2,1-2H3,(H,34,38)(H,35,37)/t25-,26-/m0/s1. The van der Waals surface area contributed by atoms with Crippen LogP contribution in [0.2, 0.25) is 10.0 Å². The Labute approximate surface area is 245 Å². The van der Waals surface area contributed by atoms with E-state index in [4.69, 9.17) is 27.9 Å². The molecule has 216 valence electrons. The van der Waals surface area contributed by atoms with Crippen LogP contribution in [0.3, 0.4) is 0 Å². The largest absolute Gasteiger partial charge is 0.454 e. The normalized spacial score (nSPS) is 15.2. The average Bonchev–Trinajstić information content (AvgIpc) is 2.95. The number of hydrogen-bond acceptors (Lipinski definition) is 6. The molecule has 2 aromatic carbocycles. The van der Waals surface area contributed by atoms with Gasteiger partial charge in [-0.15, -0.1) is 0 Å². The highest BCUT2D eigenvalue weighted by Gasteiger charge is 2.30. The van der Waals surface area contributed by atoms with Crippen LogP contribution in [0.25, 0.3) is 0 Å². The van der Waals surface area contributed by atoms with Gasteiger partial charge in [0.1, 0.15) is 6.04 Å². The number of esters is 1. The Kier molecular flexibility index (Phi) is 12.4. The lowest BCUT2D eigenvalue weighted by atomic mass is 9.95. The van der Waals surface area contributed by atoms with Gasteiger partial charge in [-0.05, 0) is 74.9 Å². The molecule has 10 heteroatoms. The van der Waals surface area contributed by atoms with Crippen molar-refractivity contribution in [3.8, 4) is 0 Å². The molecule has 1 aliphatic rings. The third-order valence-corrected chi connectivity index (χ3v) is 7.38. The van der Waals surface area contributed by atoms with Gasteiger partial charge >= 0.3 is 5.97 Å². The number of carbonyl (C=O) groups excluding carboxylic acids is 4. The maximum absolute atomic E-state index is 13.4. The molecule has 8 nitrogen and oxygen atoms in total. The van der Waals surface area contributed by atoms with E-state index in [1.165, 1.54) is 12.1 Å². The number of halogens is 2. The van der Waals surface area contributed by atoms with E-state index in [1.807, 2.05) is 44.2 Å². The zero-order valence-electron chi connectivity index (χ0n) is 22.9. The van der Waals surface area contributed by atoms with Crippen LogP contribution in [0.15, 0.2) is 48.5 Å². The summed E-state index contributed by atoms with van der Waals surface area (Å²) in [5, 5.41) is 9.43. The number of benzene rings is 2. The summed E-state index contributed by atoms with van der Waals surface area (Å²) in [6, 6.07) is 12.2. The number of ketones is 1. The number of ether oxygens (including phenoxy) is 1. The Hall–Kier alpha value is -2.94. The van der Waals surface area contributed by atoms with Crippen molar-refractivity contribution >= 4 is 46.8 Å². The maximum atomic E-state index is 13.4. The second-order valence-electron chi connectivity index (χ2n) is 10.5. The Bertz CT molecular complexity index is 1170. The average molecular weight is 591 g/mol. The van der Waals surface area contributed by atoms with Crippen molar-refractivity contribution in [2.45, 2.75) is 58.0 Å². The van der Waals surface area contributed by atoms with Gasteiger partial charge in [-0.3, -0.25) is 14.4 Å². The summed E-state index contributed by atoms with van der Waals surface area (Å²) in [5.41, 5.74) is 1.04. The molecule has 1 saturated heterocycles. The van der Waals surface area contributed by atoms with Gasteiger partial charge in [0.25, 0.3) is 0 Å². The van der Waals surface area contributed by atoms with Gasteiger partial charge in [-0.25, -0.2) is 4.79 Å². The number of hydrogen-bond donors (Lipinski definition) is 3. The quantitative estimate of drug-likeness (QED) is 0.299. The van der Waals surface area contributed by atoms with E-state index >= 15 is 0 Å². The first-order chi connectivity index (χ1) is 19.1. The fourth-order valence-electron chi connectivity index (χ4n) is 4.59. The first-order valence-corrected chi connectivity index (χ1v) is 14.4. The molecule has 0 aromatic heterocycles. The van der Waals surface area contributed by atoms with Crippen LogP contribution in [0.1, 0.15) is 55.5 Å². The van der Waals surface area contributed by atoms with E-state index in [1.54, 1.807) is 6.07 Å². The van der Waals surface area contributed by atoms with E-state index in [-0.39, 0.29) is 28.3 Å². The summed E-state index contributed by atoms with van der Waals surface area (Å²) < 4.78 is 5.25. The number of carbonyl (C=O) groups is 4. The van der Waals surface area contributed by atoms with Crippen molar-refractivity contribution in [3.05, 3.63) is 69.7 Å². The SMILES string of the molecule is CC(C)C[C@H](NC(=O)C1CCNCC1)C(=O)N[C@@H](CCc1ccccc1)C(=O)COC(=O)c1cc(Cl)ccc1Cl. The highest BCUT2D eigenvalue weighted by Crippen LogP contribution is 2.21. The monoisotopic (exact) mass is 589 g/mol. The van der Waals surface area contributed by atoms with Crippen LogP contribution < -0.4 is 16.0 Å². The Morgan fingerprint density at radius 3 is 2.35 bits per heavy atom. The predicted molar refractivity (Wildman–Crippen MR) is 155 cm³/mol. The summed E-state index contributed by atoms with van der Waals surface area (Å²) in [6.45, 7) is 4.89. The van der Waals surface area contributed by atoms with Gasteiger partial charge in [0.15, 0.2) is 12.4 Å². The first-order valence-electron chi connectivity index (χ1n) is 13.6. The van der Waals surface area contributed by atoms with Gasteiger partial charge < -0.3 is 20.7 Å². The molecule has 0 saturated carbocycles. The highest BCUT2D eigenvalue weighted by molar-refractivity contribution is 6.35. The number of rotatable bonds is 13. The second kappa shape index (κ2) is 15.7. The minimum absolute atomic E-state index is 0.0458. The third-order valence-electron chi connectivity index (χ3n) is 6.81. The fourth-order valence-corrected chi connectivity index (χ4v) is 4.95. The molecule has 0 unspecified atom stereocenters. The summed E-state index contributed by atoms with van der Waals surface area (Å²) in [4.78, 5) is 52.2. The number of piperidine rings is 1. The molecule has 1 heterocycles. The molecule has 3 N–H and O–H groups in total. The molecule has 3 rings (SSSR count). The van der Waals surface area contributed by atoms with E-state index in [0.717, 1.165) is 18.7 Å². The number of amides is 2. The molecule has 2 amide bonds.